The molecule has 0 aliphatic rings. The number of aromatic nitrogens is 2. The maximum absolute atomic E-state index is 12.2. The van der Waals surface area contributed by atoms with Gasteiger partial charge in [-0.3, -0.25) is 4.79 Å². The van der Waals surface area contributed by atoms with Crippen LogP contribution in [0.25, 0.3) is 11.0 Å². The lowest BCUT2D eigenvalue weighted by Gasteiger charge is -2.07. The number of rotatable bonds is 4. The number of hydrogen-bond donors (Lipinski definition) is 0. The van der Waals surface area contributed by atoms with Crippen molar-refractivity contribution < 1.29 is 14.3 Å². The molecule has 2 aromatic carbocycles. The molecular formula is C19H15BrN2O3. The zero-order chi connectivity index (χ0) is 18.0. The van der Waals surface area contributed by atoms with Gasteiger partial charge in [-0.1, -0.05) is 28.1 Å². The average Bonchev–Trinajstić information content (AvgIpc) is 2.60. The highest BCUT2D eigenvalue weighted by Gasteiger charge is 2.13. The van der Waals surface area contributed by atoms with Crippen molar-refractivity contribution in [2.75, 3.05) is 6.61 Å². The molecule has 0 radical (unpaired) electrons. The summed E-state index contributed by atoms with van der Waals surface area (Å²) in [7, 11) is 0. The summed E-state index contributed by atoms with van der Waals surface area (Å²) >= 11 is 3.31. The summed E-state index contributed by atoms with van der Waals surface area (Å²) in [6.07, 6.45) is 0. The molecule has 3 rings (SSSR count). The van der Waals surface area contributed by atoms with E-state index in [1.165, 1.54) is 0 Å². The summed E-state index contributed by atoms with van der Waals surface area (Å²) in [6.45, 7) is 3.44. The molecular weight excluding hydrogens is 384 g/mol. The summed E-state index contributed by atoms with van der Waals surface area (Å²) < 4.78 is 5.93. The number of carbonyl (C=O) groups excluding carboxylic acids is 2. The van der Waals surface area contributed by atoms with Crippen molar-refractivity contribution in [2.24, 2.45) is 0 Å². The fourth-order valence-electron chi connectivity index (χ4n) is 2.32. The van der Waals surface area contributed by atoms with Crippen molar-refractivity contribution in [3.8, 4) is 0 Å². The second-order valence-corrected chi connectivity index (χ2v) is 6.52. The number of benzene rings is 2. The van der Waals surface area contributed by atoms with Crippen molar-refractivity contribution in [3.05, 3.63) is 69.5 Å². The van der Waals surface area contributed by atoms with E-state index < -0.39 is 5.97 Å². The molecule has 0 amide bonds. The molecule has 0 fully saturated rings. The molecule has 0 atom stereocenters. The van der Waals surface area contributed by atoms with Crippen molar-refractivity contribution in [1.82, 2.24) is 9.97 Å². The quantitative estimate of drug-likeness (QED) is 0.489. The van der Waals surface area contributed by atoms with E-state index in [4.69, 9.17) is 4.74 Å². The van der Waals surface area contributed by atoms with Gasteiger partial charge in [0.15, 0.2) is 12.4 Å². The summed E-state index contributed by atoms with van der Waals surface area (Å²) in [4.78, 5) is 33.2. The molecule has 1 aromatic heterocycles. The average molecular weight is 399 g/mol. The van der Waals surface area contributed by atoms with E-state index in [1.54, 1.807) is 36.4 Å². The lowest BCUT2D eigenvalue weighted by Crippen LogP contribution is -2.14. The summed E-state index contributed by atoms with van der Waals surface area (Å²) in [5.74, 6) is -0.827. The van der Waals surface area contributed by atoms with Crippen LogP contribution in [0.5, 0.6) is 0 Å². The van der Waals surface area contributed by atoms with Gasteiger partial charge in [0.25, 0.3) is 0 Å². The fourth-order valence-corrected chi connectivity index (χ4v) is 2.72. The molecule has 126 valence electrons. The van der Waals surface area contributed by atoms with Crippen LogP contribution in [-0.2, 0) is 4.74 Å². The molecule has 3 aromatic rings. The standard InChI is InChI=1S/C19H15BrN2O3/c1-11-12(2)22-17-9-14(6-7-16(17)21-11)19(24)25-10-18(23)13-4-3-5-15(20)8-13/h3-9H,10H2,1-2H3. The third-order valence-electron chi connectivity index (χ3n) is 3.79. The normalized spacial score (nSPS) is 10.7. The Hall–Kier alpha value is -2.60. The number of Topliss-reactive ketones (excluding diaryl/α,β-unsaturated/α-hetero) is 1. The molecule has 0 aliphatic carbocycles. The van der Waals surface area contributed by atoms with Crippen LogP contribution in [-0.4, -0.2) is 28.3 Å². The highest BCUT2D eigenvalue weighted by atomic mass is 79.9. The molecule has 0 spiro atoms. The molecule has 0 saturated heterocycles. The third kappa shape index (κ3) is 3.91. The zero-order valence-corrected chi connectivity index (χ0v) is 15.3. The van der Waals surface area contributed by atoms with E-state index in [0.29, 0.717) is 22.2 Å². The summed E-state index contributed by atoms with van der Waals surface area (Å²) in [5, 5.41) is 0. The second kappa shape index (κ2) is 7.11. The number of esters is 1. The van der Waals surface area contributed by atoms with E-state index in [2.05, 4.69) is 25.9 Å². The largest absolute Gasteiger partial charge is 0.454 e. The Balaban J connectivity index is 1.74. The smallest absolute Gasteiger partial charge is 0.338 e. The first-order valence-electron chi connectivity index (χ1n) is 7.65. The van der Waals surface area contributed by atoms with Crippen molar-refractivity contribution >= 4 is 38.7 Å². The van der Waals surface area contributed by atoms with Gasteiger partial charge in [-0.25, -0.2) is 14.8 Å². The minimum Gasteiger partial charge on any atom is -0.454 e. The van der Waals surface area contributed by atoms with E-state index in [0.717, 1.165) is 15.9 Å². The molecule has 0 unspecified atom stereocenters. The number of nitrogens with zero attached hydrogens (tertiary/aromatic N) is 2. The van der Waals surface area contributed by atoms with Crippen LogP contribution < -0.4 is 0 Å². The number of carbonyl (C=O) groups is 2. The second-order valence-electron chi connectivity index (χ2n) is 5.61. The Morgan fingerprint density at radius 1 is 0.960 bits per heavy atom. The Morgan fingerprint density at radius 3 is 2.40 bits per heavy atom. The number of hydrogen-bond acceptors (Lipinski definition) is 5. The van der Waals surface area contributed by atoms with Gasteiger partial charge in [-0.15, -0.1) is 0 Å². The Kier molecular flexibility index (Phi) is 4.90. The number of aryl methyl sites for hydroxylation is 2. The number of halogens is 1. The minimum absolute atomic E-state index is 0.262. The van der Waals surface area contributed by atoms with E-state index in [-0.39, 0.29) is 12.4 Å². The predicted molar refractivity (Wildman–Crippen MR) is 97.8 cm³/mol. The lowest BCUT2D eigenvalue weighted by atomic mass is 10.1. The molecule has 0 saturated carbocycles. The van der Waals surface area contributed by atoms with Gasteiger partial charge in [-0.05, 0) is 44.2 Å². The third-order valence-corrected chi connectivity index (χ3v) is 4.29. The van der Waals surface area contributed by atoms with E-state index in [1.807, 2.05) is 19.9 Å². The van der Waals surface area contributed by atoms with Crippen LogP contribution in [0, 0.1) is 13.8 Å². The Bertz CT molecular complexity index is 986. The fraction of sp³-hybridized carbons (Fsp3) is 0.158. The maximum Gasteiger partial charge on any atom is 0.338 e. The van der Waals surface area contributed by atoms with Crippen LogP contribution in [0.15, 0.2) is 46.9 Å². The maximum atomic E-state index is 12.2. The Morgan fingerprint density at radius 2 is 1.68 bits per heavy atom. The molecule has 0 N–H and O–H groups in total. The minimum atomic E-state index is -0.565. The van der Waals surface area contributed by atoms with Gasteiger partial charge in [0.1, 0.15) is 0 Å². The highest BCUT2D eigenvalue weighted by Crippen LogP contribution is 2.16. The van der Waals surface area contributed by atoms with Crippen molar-refractivity contribution in [2.45, 2.75) is 13.8 Å². The summed E-state index contributed by atoms with van der Waals surface area (Å²) in [5.41, 5.74) is 3.82. The van der Waals surface area contributed by atoms with Gasteiger partial charge in [0, 0.05) is 10.0 Å². The molecule has 6 heteroatoms. The van der Waals surface area contributed by atoms with Crippen LogP contribution >= 0.6 is 15.9 Å². The van der Waals surface area contributed by atoms with Crippen molar-refractivity contribution in [1.29, 1.82) is 0 Å². The van der Waals surface area contributed by atoms with Crippen molar-refractivity contribution in [3.63, 3.8) is 0 Å². The first-order chi connectivity index (χ1) is 11.9. The predicted octanol–water partition coefficient (Wildman–Crippen LogP) is 4.05. The zero-order valence-electron chi connectivity index (χ0n) is 13.7. The summed E-state index contributed by atoms with van der Waals surface area (Å²) in [6, 6.07) is 11.9. The first-order valence-corrected chi connectivity index (χ1v) is 8.44. The van der Waals surface area contributed by atoms with Gasteiger partial charge < -0.3 is 4.74 Å². The van der Waals surface area contributed by atoms with Gasteiger partial charge in [0.05, 0.1) is 28.0 Å². The van der Waals surface area contributed by atoms with Gasteiger partial charge >= 0.3 is 5.97 Å². The van der Waals surface area contributed by atoms with Crippen LogP contribution in [0.4, 0.5) is 0 Å². The number of ketones is 1. The van der Waals surface area contributed by atoms with Crippen LogP contribution in [0.2, 0.25) is 0 Å². The molecule has 0 aliphatic heterocycles. The SMILES string of the molecule is Cc1nc2ccc(C(=O)OCC(=O)c3cccc(Br)c3)cc2nc1C. The molecule has 5 nitrogen and oxygen atoms in total. The number of ether oxygens (including phenoxy) is 1. The monoisotopic (exact) mass is 398 g/mol. The van der Waals surface area contributed by atoms with Gasteiger partial charge in [-0.2, -0.15) is 0 Å². The van der Waals surface area contributed by atoms with Crippen LogP contribution in [0.1, 0.15) is 32.1 Å². The van der Waals surface area contributed by atoms with E-state index >= 15 is 0 Å². The van der Waals surface area contributed by atoms with Crippen LogP contribution in [0.3, 0.4) is 0 Å². The Labute approximate surface area is 153 Å². The molecule has 25 heavy (non-hydrogen) atoms. The molecule has 1 heterocycles. The highest BCUT2D eigenvalue weighted by molar-refractivity contribution is 9.10. The molecule has 0 bridgehead atoms. The lowest BCUT2D eigenvalue weighted by molar-refractivity contribution is 0.0475. The topological polar surface area (TPSA) is 69.2 Å². The van der Waals surface area contributed by atoms with E-state index in [9.17, 15) is 9.59 Å². The van der Waals surface area contributed by atoms with Gasteiger partial charge in [0.2, 0.25) is 0 Å². The first kappa shape index (κ1) is 17.2. The number of fused-ring (bicyclic) bond motifs is 1.